The molecule has 0 bridgehead atoms. The summed E-state index contributed by atoms with van der Waals surface area (Å²) in [7, 11) is 1.92. The Labute approximate surface area is 145 Å². The number of benzene rings is 1. The number of nitrogens with one attached hydrogen (secondary N) is 1. The van der Waals surface area contributed by atoms with Crippen LogP contribution in [0.25, 0.3) is 0 Å². The molecule has 1 aromatic heterocycles. The number of carbonyl (C=O) groups excluding carboxylic acids is 2. The number of likely N-dealkylation sites (N-methyl/N-ethyl adjacent to an activating group) is 1. The third-order valence-electron chi connectivity index (χ3n) is 4.22. The molecule has 0 saturated heterocycles. The molecule has 1 atom stereocenters. The number of carbonyl (C=O) groups is 2. The van der Waals surface area contributed by atoms with Gasteiger partial charge in [0.1, 0.15) is 6.54 Å². The number of rotatable bonds is 5. The Morgan fingerprint density at radius 2 is 2.25 bits per heavy atom. The van der Waals surface area contributed by atoms with Crippen LogP contribution in [0.1, 0.15) is 11.9 Å². The van der Waals surface area contributed by atoms with Crippen molar-refractivity contribution in [1.29, 1.82) is 0 Å². The molecule has 0 saturated carbocycles. The Morgan fingerprint density at radius 1 is 1.46 bits per heavy atom. The zero-order chi connectivity index (χ0) is 17.1. The number of hydrogen-bond acceptors (Lipinski definition) is 5. The molecule has 2 heterocycles. The molecule has 24 heavy (non-hydrogen) atoms. The second-order valence-electron chi connectivity index (χ2n) is 5.82. The molecule has 126 valence electrons. The minimum atomic E-state index is -0.316. The standard InChI is InChI=1S/C17H20N4O2S/c1-12(20(2)9-7-16-18-8-10-24-16)17(23)21-11-15(22)19-13-5-3-4-6-14(13)21/h3-6,8,10,12H,7,9,11H2,1-2H3,(H,19,22)/t12-/m0/s1. The van der Waals surface area contributed by atoms with E-state index < -0.39 is 0 Å². The van der Waals surface area contributed by atoms with E-state index in [1.807, 2.05) is 48.5 Å². The zero-order valence-corrected chi connectivity index (χ0v) is 14.5. The van der Waals surface area contributed by atoms with Gasteiger partial charge in [-0.1, -0.05) is 12.1 Å². The summed E-state index contributed by atoms with van der Waals surface area (Å²) >= 11 is 1.62. The normalized spacial score (nSPS) is 15.1. The maximum atomic E-state index is 12.9. The number of nitrogens with zero attached hydrogens (tertiary/aromatic N) is 3. The molecule has 0 aliphatic carbocycles. The minimum Gasteiger partial charge on any atom is -0.323 e. The van der Waals surface area contributed by atoms with E-state index >= 15 is 0 Å². The van der Waals surface area contributed by atoms with Gasteiger partial charge >= 0.3 is 0 Å². The number of fused-ring (bicyclic) bond motifs is 1. The Kier molecular flexibility index (Phi) is 4.92. The Morgan fingerprint density at radius 3 is 3.00 bits per heavy atom. The summed E-state index contributed by atoms with van der Waals surface area (Å²) in [6, 6.07) is 7.06. The number of thiazole rings is 1. The molecular weight excluding hydrogens is 324 g/mol. The van der Waals surface area contributed by atoms with Crippen LogP contribution in [-0.4, -0.2) is 47.9 Å². The average Bonchev–Trinajstić information content (AvgIpc) is 3.11. The van der Waals surface area contributed by atoms with E-state index in [-0.39, 0.29) is 24.4 Å². The number of amides is 2. The smallest absolute Gasteiger partial charge is 0.244 e. The fourth-order valence-electron chi connectivity index (χ4n) is 2.69. The third kappa shape index (κ3) is 3.47. The quantitative estimate of drug-likeness (QED) is 0.901. The number of para-hydroxylation sites is 2. The molecule has 6 nitrogen and oxygen atoms in total. The first-order valence-electron chi connectivity index (χ1n) is 7.85. The van der Waals surface area contributed by atoms with Gasteiger partial charge in [0.15, 0.2) is 0 Å². The van der Waals surface area contributed by atoms with Crippen molar-refractivity contribution in [2.24, 2.45) is 0 Å². The predicted molar refractivity (Wildman–Crippen MR) is 95.3 cm³/mol. The van der Waals surface area contributed by atoms with Gasteiger partial charge in [-0.25, -0.2) is 4.98 Å². The summed E-state index contributed by atoms with van der Waals surface area (Å²) in [4.78, 5) is 32.6. The van der Waals surface area contributed by atoms with Crippen LogP contribution in [0.5, 0.6) is 0 Å². The number of hydrogen-bond donors (Lipinski definition) is 1. The molecule has 0 unspecified atom stereocenters. The topological polar surface area (TPSA) is 65.5 Å². The average molecular weight is 344 g/mol. The summed E-state index contributed by atoms with van der Waals surface area (Å²) in [6.45, 7) is 2.67. The van der Waals surface area contributed by atoms with E-state index in [4.69, 9.17) is 0 Å². The summed E-state index contributed by atoms with van der Waals surface area (Å²) in [6.07, 6.45) is 2.60. The summed E-state index contributed by atoms with van der Waals surface area (Å²) < 4.78 is 0. The van der Waals surface area contributed by atoms with Crippen LogP contribution >= 0.6 is 11.3 Å². The Balaban J connectivity index is 1.70. The lowest BCUT2D eigenvalue weighted by Crippen LogP contribution is -2.50. The van der Waals surface area contributed by atoms with Crippen molar-refractivity contribution in [2.75, 3.05) is 30.4 Å². The zero-order valence-electron chi connectivity index (χ0n) is 13.7. The lowest BCUT2D eigenvalue weighted by molar-refractivity contribution is -0.125. The molecule has 3 rings (SSSR count). The molecule has 2 aromatic rings. The number of anilines is 2. The Bertz CT molecular complexity index is 732. The van der Waals surface area contributed by atoms with Gasteiger partial charge in [-0.05, 0) is 26.1 Å². The van der Waals surface area contributed by atoms with Crippen LogP contribution < -0.4 is 10.2 Å². The first kappa shape index (κ1) is 16.6. The van der Waals surface area contributed by atoms with Crippen molar-refractivity contribution < 1.29 is 9.59 Å². The maximum Gasteiger partial charge on any atom is 0.244 e. The van der Waals surface area contributed by atoms with Crippen LogP contribution in [-0.2, 0) is 16.0 Å². The lowest BCUT2D eigenvalue weighted by Gasteiger charge is -2.33. The van der Waals surface area contributed by atoms with Gasteiger partial charge in [-0.3, -0.25) is 19.4 Å². The van der Waals surface area contributed by atoms with E-state index in [0.717, 1.165) is 23.7 Å². The fraction of sp³-hybridized carbons (Fsp3) is 0.353. The summed E-state index contributed by atoms with van der Waals surface area (Å²) in [5, 5.41) is 5.81. The minimum absolute atomic E-state index is 0.0561. The third-order valence-corrected chi connectivity index (χ3v) is 5.06. The van der Waals surface area contributed by atoms with Crippen molar-refractivity contribution in [2.45, 2.75) is 19.4 Å². The van der Waals surface area contributed by atoms with Gasteiger partial charge in [0, 0.05) is 24.5 Å². The monoisotopic (exact) mass is 344 g/mol. The molecular formula is C17H20N4O2S. The highest BCUT2D eigenvalue weighted by Crippen LogP contribution is 2.29. The number of aromatic nitrogens is 1. The highest BCUT2D eigenvalue weighted by atomic mass is 32.1. The van der Waals surface area contributed by atoms with Crippen LogP contribution in [0.15, 0.2) is 35.8 Å². The first-order valence-corrected chi connectivity index (χ1v) is 8.73. The van der Waals surface area contributed by atoms with E-state index in [1.165, 1.54) is 0 Å². The Hall–Kier alpha value is -2.25. The van der Waals surface area contributed by atoms with Gasteiger partial charge in [0.2, 0.25) is 11.8 Å². The predicted octanol–water partition coefficient (Wildman–Crippen LogP) is 1.99. The molecule has 1 aliphatic heterocycles. The van der Waals surface area contributed by atoms with E-state index in [1.54, 1.807) is 22.4 Å². The second-order valence-corrected chi connectivity index (χ2v) is 6.80. The molecule has 2 amide bonds. The molecule has 1 N–H and O–H groups in total. The van der Waals surface area contributed by atoms with E-state index in [0.29, 0.717) is 5.69 Å². The van der Waals surface area contributed by atoms with Crippen LogP contribution in [0.3, 0.4) is 0 Å². The molecule has 1 aromatic carbocycles. The molecule has 0 spiro atoms. The molecule has 0 radical (unpaired) electrons. The van der Waals surface area contributed by atoms with Gasteiger partial charge in [0.05, 0.1) is 22.4 Å². The van der Waals surface area contributed by atoms with Crippen molar-refractivity contribution in [1.82, 2.24) is 9.88 Å². The second kappa shape index (κ2) is 7.11. The van der Waals surface area contributed by atoms with Crippen molar-refractivity contribution in [3.8, 4) is 0 Å². The molecule has 1 aliphatic rings. The molecule has 7 heteroatoms. The fourth-order valence-corrected chi connectivity index (χ4v) is 3.30. The largest absolute Gasteiger partial charge is 0.323 e. The summed E-state index contributed by atoms with van der Waals surface area (Å²) in [5.74, 6) is -0.237. The summed E-state index contributed by atoms with van der Waals surface area (Å²) in [5.41, 5.74) is 1.43. The highest BCUT2D eigenvalue weighted by molar-refractivity contribution is 7.09. The van der Waals surface area contributed by atoms with Crippen molar-refractivity contribution in [3.05, 3.63) is 40.8 Å². The van der Waals surface area contributed by atoms with E-state index in [9.17, 15) is 9.59 Å². The van der Waals surface area contributed by atoms with Crippen LogP contribution in [0.4, 0.5) is 11.4 Å². The van der Waals surface area contributed by atoms with Gasteiger partial charge in [-0.15, -0.1) is 11.3 Å². The first-order chi connectivity index (χ1) is 11.6. The van der Waals surface area contributed by atoms with Crippen molar-refractivity contribution >= 4 is 34.5 Å². The van der Waals surface area contributed by atoms with Crippen molar-refractivity contribution in [3.63, 3.8) is 0 Å². The van der Waals surface area contributed by atoms with E-state index in [2.05, 4.69) is 10.3 Å². The van der Waals surface area contributed by atoms with Crippen LogP contribution in [0, 0.1) is 0 Å². The van der Waals surface area contributed by atoms with Gasteiger partial charge in [0.25, 0.3) is 0 Å². The lowest BCUT2D eigenvalue weighted by atomic mass is 10.1. The molecule has 0 fully saturated rings. The van der Waals surface area contributed by atoms with Crippen LogP contribution in [0.2, 0.25) is 0 Å². The van der Waals surface area contributed by atoms with Gasteiger partial charge in [-0.2, -0.15) is 0 Å². The van der Waals surface area contributed by atoms with Gasteiger partial charge < -0.3 is 5.32 Å². The highest BCUT2D eigenvalue weighted by Gasteiger charge is 2.31. The SMILES string of the molecule is C[C@@H](C(=O)N1CC(=O)Nc2ccccc21)N(C)CCc1nccs1. The maximum absolute atomic E-state index is 12.9.